The maximum atomic E-state index is 12.3. The van der Waals surface area contributed by atoms with Crippen LogP contribution in [-0.4, -0.2) is 69.6 Å². The molecule has 0 saturated carbocycles. The lowest BCUT2D eigenvalue weighted by molar-refractivity contribution is -0.151. The number of hydrogen-bond donors (Lipinski definition) is 1. The van der Waals surface area contributed by atoms with Gasteiger partial charge in [0.25, 0.3) is 0 Å². The lowest BCUT2D eigenvalue weighted by atomic mass is 10.3. The second-order valence-corrected chi connectivity index (χ2v) is 4.88. The Labute approximate surface area is 119 Å². The maximum absolute atomic E-state index is 12.3. The second kappa shape index (κ2) is 6.39. The highest BCUT2D eigenvalue weighted by Gasteiger charge is 2.32. The second-order valence-electron chi connectivity index (χ2n) is 4.88. The highest BCUT2D eigenvalue weighted by atomic mass is 19.4. The summed E-state index contributed by atoms with van der Waals surface area (Å²) in [5.41, 5.74) is 5.98. The Morgan fingerprint density at radius 2 is 1.95 bits per heavy atom. The van der Waals surface area contributed by atoms with Crippen LogP contribution >= 0.6 is 0 Å². The number of carbonyl (C=O) groups excluding carboxylic acids is 1. The highest BCUT2D eigenvalue weighted by molar-refractivity contribution is 5.76. The third kappa shape index (κ3) is 4.67. The Kier molecular flexibility index (Phi) is 4.78. The predicted molar refractivity (Wildman–Crippen MR) is 67.0 cm³/mol. The van der Waals surface area contributed by atoms with E-state index in [2.05, 4.69) is 10.3 Å². The van der Waals surface area contributed by atoms with E-state index in [0.717, 1.165) is 0 Å². The number of carbonyl (C=O) groups is 1. The molecule has 118 valence electrons. The first-order valence-corrected chi connectivity index (χ1v) is 6.53. The quantitative estimate of drug-likeness (QED) is 0.807. The molecule has 0 radical (unpaired) electrons. The Morgan fingerprint density at radius 3 is 2.48 bits per heavy atom. The normalized spacial score (nSPS) is 17.2. The van der Waals surface area contributed by atoms with Gasteiger partial charge in [-0.25, -0.2) is 4.68 Å². The summed E-state index contributed by atoms with van der Waals surface area (Å²) in [6.07, 6.45) is -2.62. The molecular formula is C11H17F3N6O. The van der Waals surface area contributed by atoms with E-state index < -0.39 is 12.7 Å². The van der Waals surface area contributed by atoms with E-state index >= 15 is 0 Å². The van der Waals surface area contributed by atoms with Crippen molar-refractivity contribution in [3.8, 4) is 0 Å². The van der Waals surface area contributed by atoms with Gasteiger partial charge in [-0.1, -0.05) is 5.21 Å². The molecule has 1 saturated heterocycles. The summed E-state index contributed by atoms with van der Waals surface area (Å²) in [4.78, 5) is 14.9. The van der Waals surface area contributed by atoms with Gasteiger partial charge in [0.1, 0.15) is 6.54 Å². The van der Waals surface area contributed by atoms with Crippen LogP contribution in [-0.2, 0) is 17.9 Å². The Morgan fingerprint density at radius 1 is 1.29 bits per heavy atom. The van der Waals surface area contributed by atoms with Crippen molar-refractivity contribution in [1.29, 1.82) is 0 Å². The molecule has 0 spiro atoms. The summed E-state index contributed by atoms with van der Waals surface area (Å²) in [7, 11) is 0. The average Bonchev–Trinajstić information content (AvgIpc) is 2.85. The van der Waals surface area contributed by atoms with Crippen LogP contribution in [0.25, 0.3) is 0 Å². The van der Waals surface area contributed by atoms with Crippen molar-refractivity contribution in [2.24, 2.45) is 5.73 Å². The SMILES string of the molecule is NCc1cn(CC(=O)N2CCN(CC(F)(F)F)CC2)nn1. The van der Waals surface area contributed by atoms with Crippen molar-refractivity contribution in [2.75, 3.05) is 32.7 Å². The molecule has 1 fully saturated rings. The van der Waals surface area contributed by atoms with Crippen LogP contribution < -0.4 is 5.73 Å². The number of alkyl halides is 3. The number of nitrogens with zero attached hydrogens (tertiary/aromatic N) is 5. The third-order valence-corrected chi connectivity index (χ3v) is 3.22. The fourth-order valence-corrected chi connectivity index (χ4v) is 2.16. The first-order chi connectivity index (χ1) is 9.87. The Hall–Kier alpha value is -1.68. The molecule has 2 heterocycles. The molecule has 7 nitrogen and oxygen atoms in total. The zero-order valence-electron chi connectivity index (χ0n) is 11.4. The van der Waals surface area contributed by atoms with E-state index in [4.69, 9.17) is 5.73 Å². The summed E-state index contributed by atoms with van der Waals surface area (Å²) < 4.78 is 38.2. The Balaban J connectivity index is 1.80. The van der Waals surface area contributed by atoms with Crippen molar-refractivity contribution >= 4 is 5.91 Å². The molecule has 10 heteroatoms. The van der Waals surface area contributed by atoms with Crippen molar-refractivity contribution in [1.82, 2.24) is 24.8 Å². The van der Waals surface area contributed by atoms with Gasteiger partial charge in [0.15, 0.2) is 0 Å². The number of piperazine rings is 1. The predicted octanol–water partition coefficient (Wildman–Crippen LogP) is -0.557. The molecule has 1 aromatic heterocycles. The van der Waals surface area contributed by atoms with Gasteiger partial charge in [0.05, 0.1) is 18.4 Å². The van der Waals surface area contributed by atoms with Crippen molar-refractivity contribution in [3.05, 3.63) is 11.9 Å². The van der Waals surface area contributed by atoms with E-state index in [1.54, 1.807) is 6.20 Å². The number of halogens is 3. The number of hydrogen-bond acceptors (Lipinski definition) is 5. The van der Waals surface area contributed by atoms with Crippen molar-refractivity contribution in [3.63, 3.8) is 0 Å². The highest BCUT2D eigenvalue weighted by Crippen LogP contribution is 2.17. The summed E-state index contributed by atoms with van der Waals surface area (Å²) in [5.74, 6) is -0.185. The molecule has 0 bridgehead atoms. The zero-order chi connectivity index (χ0) is 15.5. The molecule has 0 atom stereocenters. The third-order valence-electron chi connectivity index (χ3n) is 3.22. The van der Waals surface area contributed by atoms with Crippen LogP contribution in [0, 0.1) is 0 Å². The van der Waals surface area contributed by atoms with Crippen LogP contribution in [0.4, 0.5) is 13.2 Å². The molecular weight excluding hydrogens is 289 g/mol. The fourth-order valence-electron chi connectivity index (χ4n) is 2.16. The molecule has 0 aliphatic carbocycles. The molecule has 1 aliphatic rings. The van der Waals surface area contributed by atoms with Crippen molar-refractivity contribution < 1.29 is 18.0 Å². The van der Waals surface area contributed by atoms with Crippen LogP contribution in [0.3, 0.4) is 0 Å². The fraction of sp³-hybridized carbons (Fsp3) is 0.727. The summed E-state index contributed by atoms with van der Waals surface area (Å²) in [6.45, 7) is 0.336. The lowest BCUT2D eigenvalue weighted by Crippen LogP contribution is -2.51. The van der Waals surface area contributed by atoms with Crippen LogP contribution in [0.1, 0.15) is 5.69 Å². The lowest BCUT2D eigenvalue weighted by Gasteiger charge is -2.34. The first kappa shape index (κ1) is 15.7. The zero-order valence-corrected chi connectivity index (χ0v) is 11.4. The van der Waals surface area contributed by atoms with Gasteiger partial charge in [-0.15, -0.1) is 5.10 Å². The van der Waals surface area contributed by atoms with Gasteiger partial charge >= 0.3 is 6.18 Å². The molecule has 1 aliphatic heterocycles. The molecule has 2 rings (SSSR count). The molecule has 2 N–H and O–H groups in total. The van der Waals surface area contributed by atoms with E-state index in [0.29, 0.717) is 5.69 Å². The summed E-state index contributed by atoms with van der Waals surface area (Å²) >= 11 is 0. The Bertz CT molecular complexity index is 481. The molecule has 1 amide bonds. The van der Waals surface area contributed by atoms with Crippen LogP contribution in [0.5, 0.6) is 0 Å². The number of aromatic nitrogens is 3. The van der Waals surface area contributed by atoms with Crippen LogP contribution in [0.15, 0.2) is 6.20 Å². The minimum absolute atomic E-state index is 0.0201. The van der Waals surface area contributed by atoms with E-state index in [9.17, 15) is 18.0 Å². The monoisotopic (exact) mass is 306 g/mol. The van der Waals surface area contributed by atoms with Crippen LogP contribution in [0.2, 0.25) is 0 Å². The molecule has 0 unspecified atom stereocenters. The minimum atomic E-state index is -4.20. The van der Waals surface area contributed by atoms with E-state index in [1.807, 2.05) is 0 Å². The molecule has 0 aromatic carbocycles. The van der Waals surface area contributed by atoms with Gasteiger partial charge in [-0.05, 0) is 0 Å². The average molecular weight is 306 g/mol. The smallest absolute Gasteiger partial charge is 0.339 e. The van der Waals surface area contributed by atoms with Gasteiger partial charge in [-0.2, -0.15) is 13.2 Å². The largest absolute Gasteiger partial charge is 0.401 e. The number of amides is 1. The first-order valence-electron chi connectivity index (χ1n) is 6.53. The van der Waals surface area contributed by atoms with Gasteiger partial charge in [0.2, 0.25) is 5.91 Å². The number of rotatable bonds is 4. The standard InChI is InChI=1S/C11H17F3N6O/c12-11(13,14)8-18-1-3-19(4-2-18)10(21)7-20-6-9(5-15)16-17-20/h6H,1-5,7-8,15H2. The van der Waals surface area contributed by atoms with Crippen molar-refractivity contribution in [2.45, 2.75) is 19.3 Å². The summed E-state index contributed by atoms with van der Waals surface area (Å²) in [5, 5.41) is 7.53. The minimum Gasteiger partial charge on any atom is -0.339 e. The maximum Gasteiger partial charge on any atom is 0.401 e. The molecule has 21 heavy (non-hydrogen) atoms. The number of nitrogens with two attached hydrogens (primary N) is 1. The van der Waals surface area contributed by atoms with E-state index in [1.165, 1.54) is 14.5 Å². The molecule has 1 aromatic rings. The topological polar surface area (TPSA) is 80.3 Å². The van der Waals surface area contributed by atoms with E-state index in [-0.39, 0.29) is 45.2 Å². The summed E-state index contributed by atoms with van der Waals surface area (Å²) in [6, 6.07) is 0. The van der Waals surface area contributed by atoms with Gasteiger partial charge < -0.3 is 10.6 Å². The van der Waals surface area contributed by atoms with Gasteiger partial charge in [-0.3, -0.25) is 9.69 Å². The van der Waals surface area contributed by atoms with Gasteiger partial charge in [0, 0.05) is 32.7 Å².